The van der Waals surface area contributed by atoms with Gasteiger partial charge in [0.05, 0.1) is 0 Å². The smallest absolute Gasteiger partial charge is 0.0216 e. The Bertz CT molecular complexity index is 216. The molecule has 0 atom stereocenters. The minimum absolute atomic E-state index is 0. The second-order valence-electron chi connectivity index (χ2n) is 2.73. The average molecular weight is 169 g/mol. The van der Waals surface area contributed by atoms with E-state index < -0.39 is 0 Å². The molecule has 1 aliphatic rings. The summed E-state index contributed by atoms with van der Waals surface area (Å²) in [5.41, 5.74) is 1.52. The molecule has 2 heterocycles. The van der Waals surface area contributed by atoms with Crippen molar-refractivity contribution in [2.75, 3.05) is 6.54 Å². The summed E-state index contributed by atoms with van der Waals surface area (Å²) < 4.78 is 0. The lowest BCUT2D eigenvalue weighted by Crippen LogP contribution is -2.21. The van der Waals surface area contributed by atoms with Crippen LogP contribution in [0, 0.1) is 6.92 Å². The quantitative estimate of drug-likeness (QED) is 0.628. The van der Waals surface area contributed by atoms with Crippen molar-refractivity contribution in [2.45, 2.75) is 27.3 Å². The maximum atomic E-state index is 3.36. The molecule has 0 bridgehead atoms. The van der Waals surface area contributed by atoms with Crippen LogP contribution in [-0.2, 0) is 13.0 Å². The molecule has 1 nitrogen and oxygen atoms in total. The molecule has 1 aliphatic heterocycles. The topological polar surface area (TPSA) is 12.0 Å². The third-order valence-electron chi connectivity index (χ3n) is 1.86. The van der Waals surface area contributed by atoms with Crippen LogP contribution in [0.5, 0.6) is 0 Å². The molecule has 1 aromatic heterocycles. The third-order valence-corrected chi connectivity index (χ3v) is 3.02. The summed E-state index contributed by atoms with van der Waals surface area (Å²) in [6.07, 6.45) is 1.23. The van der Waals surface area contributed by atoms with Crippen LogP contribution in [-0.4, -0.2) is 6.54 Å². The fraction of sp³-hybridized carbons (Fsp3) is 0.556. The first kappa shape index (κ1) is 8.75. The van der Waals surface area contributed by atoms with Crippen LogP contribution in [0.2, 0.25) is 0 Å². The predicted molar refractivity (Wildman–Crippen MR) is 51.2 cm³/mol. The molecule has 0 aliphatic carbocycles. The van der Waals surface area contributed by atoms with Gasteiger partial charge in [0.1, 0.15) is 0 Å². The molecule has 0 amide bonds. The van der Waals surface area contributed by atoms with Gasteiger partial charge in [-0.25, -0.2) is 0 Å². The maximum absolute atomic E-state index is 3.36. The molecule has 0 unspecified atom stereocenters. The van der Waals surface area contributed by atoms with Gasteiger partial charge < -0.3 is 5.32 Å². The zero-order valence-corrected chi connectivity index (χ0v) is 6.92. The van der Waals surface area contributed by atoms with E-state index in [1.54, 1.807) is 4.88 Å². The largest absolute Gasteiger partial charge is 0.312 e. The van der Waals surface area contributed by atoms with Gasteiger partial charge in [0, 0.05) is 22.8 Å². The zero-order chi connectivity index (χ0) is 6.97. The molecule has 0 saturated heterocycles. The van der Waals surface area contributed by atoms with Crippen LogP contribution in [0.15, 0.2) is 6.07 Å². The molecule has 11 heavy (non-hydrogen) atoms. The molecule has 0 fully saturated rings. The summed E-state index contributed by atoms with van der Waals surface area (Å²) in [5.74, 6) is 0. The lowest BCUT2D eigenvalue weighted by molar-refractivity contribution is 0.653. The third kappa shape index (κ3) is 1.63. The Morgan fingerprint density at radius 3 is 3.09 bits per heavy atom. The molecule has 1 aromatic rings. The SMILES string of the molecule is C.Cc1cc2c(s1)CCNC2. The van der Waals surface area contributed by atoms with Gasteiger partial charge in [-0.2, -0.15) is 0 Å². The van der Waals surface area contributed by atoms with E-state index >= 15 is 0 Å². The second kappa shape index (κ2) is 3.37. The highest BCUT2D eigenvalue weighted by atomic mass is 32.1. The molecule has 0 radical (unpaired) electrons. The fourth-order valence-electron chi connectivity index (χ4n) is 1.40. The summed E-state index contributed by atoms with van der Waals surface area (Å²) in [7, 11) is 0. The number of rotatable bonds is 0. The standard InChI is InChI=1S/C8H11NS.CH4/c1-6-4-7-5-9-3-2-8(7)10-6;/h4,9H,2-3,5H2,1H3;1H4. The second-order valence-corrected chi connectivity index (χ2v) is 4.07. The van der Waals surface area contributed by atoms with Gasteiger partial charge in [-0.05, 0) is 25.0 Å². The van der Waals surface area contributed by atoms with E-state index in [1.165, 1.54) is 16.9 Å². The Balaban J connectivity index is 0.000000605. The first-order chi connectivity index (χ1) is 4.86. The average Bonchev–Trinajstić information content (AvgIpc) is 2.27. The summed E-state index contributed by atoms with van der Waals surface area (Å²) in [6.45, 7) is 4.43. The predicted octanol–water partition coefficient (Wildman–Crippen LogP) is 2.34. The monoisotopic (exact) mass is 169 g/mol. The molecule has 2 rings (SSSR count). The highest BCUT2D eigenvalue weighted by molar-refractivity contribution is 7.12. The van der Waals surface area contributed by atoms with Crippen molar-refractivity contribution >= 4 is 11.3 Å². The van der Waals surface area contributed by atoms with Gasteiger partial charge in [-0.15, -0.1) is 11.3 Å². The van der Waals surface area contributed by atoms with Crippen molar-refractivity contribution in [3.8, 4) is 0 Å². The van der Waals surface area contributed by atoms with Crippen molar-refractivity contribution < 1.29 is 0 Å². The van der Waals surface area contributed by atoms with Gasteiger partial charge in [-0.3, -0.25) is 0 Å². The number of hydrogen-bond acceptors (Lipinski definition) is 2. The van der Waals surface area contributed by atoms with Gasteiger partial charge in [0.2, 0.25) is 0 Å². The van der Waals surface area contributed by atoms with Gasteiger partial charge in [0.15, 0.2) is 0 Å². The van der Waals surface area contributed by atoms with Crippen LogP contribution < -0.4 is 5.32 Å². The van der Waals surface area contributed by atoms with Crippen molar-refractivity contribution in [1.82, 2.24) is 5.32 Å². The minimum atomic E-state index is 0. The van der Waals surface area contributed by atoms with E-state index in [0.29, 0.717) is 0 Å². The Morgan fingerprint density at radius 2 is 2.36 bits per heavy atom. The Kier molecular flexibility index (Phi) is 2.68. The number of hydrogen-bond donors (Lipinski definition) is 1. The Labute approximate surface area is 72.4 Å². The van der Waals surface area contributed by atoms with Gasteiger partial charge in [0.25, 0.3) is 0 Å². The molecular weight excluding hydrogens is 154 g/mol. The van der Waals surface area contributed by atoms with Crippen molar-refractivity contribution in [2.24, 2.45) is 0 Å². The normalized spacial score (nSPS) is 15.4. The van der Waals surface area contributed by atoms with Crippen LogP contribution in [0.1, 0.15) is 22.7 Å². The van der Waals surface area contributed by atoms with E-state index in [0.717, 1.165) is 13.1 Å². The highest BCUT2D eigenvalue weighted by Gasteiger charge is 2.09. The molecule has 0 spiro atoms. The lowest BCUT2D eigenvalue weighted by atomic mass is 10.1. The summed E-state index contributed by atoms with van der Waals surface area (Å²) in [4.78, 5) is 3.05. The zero-order valence-electron chi connectivity index (χ0n) is 6.11. The van der Waals surface area contributed by atoms with Crippen LogP contribution in [0.4, 0.5) is 0 Å². The van der Waals surface area contributed by atoms with Crippen LogP contribution >= 0.6 is 11.3 Å². The molecule has 0 saturated carbocycles. The molecule has 2 heteroatoms. The molecule has 1 N–H and O–H groups in total. The van der Waals surface area contributed by atoms with Crippen LogP contribution in [0.3, 0.4) is 0 Å². The first-order valence-electron chi connectivity index (χ1n) is 3.65. The Morgan fingerprint density at radius 1 is 1.55 bits per heavy atom. The van der Waals surface area contributed by atoms with Gasteiger partial charge >= 0.3 is 0 Å². The van der Waals surface area contributed by atoms with Crippen molar-refractivity contribution in [3.63, 3.8) is 0 Å². The number of thiophene rings is 1. The summed E-state index contributed by atoms with van der Waals surface area (Å²) in [6, 6.07) is 2.30. The molecule has 62 valence electrons. The van der Waals surface area contributed by atoms with E-state index in [4.69, 9.17) is 0 Å². The van der Waals surface area contributed by atoms with E-state index in [-0.39, 0.29) is 7.43 Å². The first-order valence-corrected chi connectivity index (χ1v) is 4.47. The summed E-state index contributed by atoms with van der Waals surface area (Å²) >= 11 is 1.95. The number of fused-ring (bicyclic) bond motifs is 1. The van der Waals surface area contributed by atoms with E-state index in [9.17, 15) is 0 Å². The van der Waals surface area contributed by atoms with Crippen molar-refractivity contribution in [1.29, 1.82) is 0 Å². The van der Waals surface area contributed by atoms with Gasteiger partial charge in [-0.1, -0.05) is 7.43 Å². The molecule has 0 aromatic carbocycles. The fourth-order valence-corrected chi connectivity index (χ4v) is 2.46. The number of aryl methyl sites for hydroxylation is 1. The van der Waals surface area contributed by atoms with E-state index in [2.05, 4.69) is 18.3 Å². The molecular formula is C9H15NS. The number of nitrogens with one attached hydrogen (secondary N) is 1. The summed E-state index contributed by atoms with van der Waals surface area (Å²) in [5, 5.41) is 3.36. The minimum Gasteiger partial charge on any atom is -0.312 e. The maximum Gasteiger partial charge on any atom is 0.0216 e. The Hall–Kier alpha value is -0.340. The van der Waals surface area contributed by atoms with E-state index in [1.807, 2.05) is 11.3 Å². The van der Waals surface area contributed by atoms with Crippen molar-refractivity contribution in [3.05, 3.63) is 21.4 Å². The van der Waals surface area contributed by atoms with Crippen LogP contribution in [0.25, 0.3) is 0 Å². The lowest BCUT2D eigenvalue weighted by Gasteiger charge is -2.10. The highest BCUT2D eigenvalue weighted by Crippen LogP contribution is 2.23.